The Labute approximate surface area is 117 Å². The molecule has 4 nitrogen and oxygen atoms in total. The van der Waals surface area contributed by atoms with Crippen molar-refractivity contribution in [3.05, 3.63) is 0 Å². The van der Waals surface area contributed by atoms with E-state index in [9.17, 15) is 8.42 Å². The predicted molar refractivity (Wildman–Crippen MR) is 78.5 cm³/mol. The normalized spacial score (nSPS) is 36.8. The Morgan fingerprint density at radius 2 is 1.89 bits per heavy atom. The molecule has 2 bridgehead atoms. The third kappa shape index (κ3) is 2.83. The van der Waals surface area contributed by atoms with Crippen molar-refractivity contribution in [2.45, 2.75) is 52.5 Å². The number of hydrogen-bond acceptors (Lipinski definition) is 3. The predicted octanol–water partition coefficient (Wildman–Crippen LogP) is 1.73. The lowest BCUT2D eigenvalue weighted by Gasteiger charge is -2.39. The zero-order valence-corrected chi connectivity index (χ0v) is 13.4. The Bertz CT molecular complexity index is 433. The van der Waals surface area contributed by atoms with Gasteiger partial charge in [-0.15, -0.1) is 0 Å². The van der Waals surface area contributed by atoms with E-state index in [1.807, 2.05) is 0 Å². The molecule has 2 aliphatic rings. The lowest BCUT2D eigenvalue weighted by molar-refractivity contribution is 0.121. The van der Waals surface area contributed by atoms with Gasteiger partial charge in [-0.25, -0.2) is 13.1 Å². The molecule has 2 fully saturated rings. The lowest BCUT2D eigenvalue weighted by atomic mass is 9.69. The van der Waals surface area contributed by atoms with Crippen LogP contribution in [0.5, 0.6) is 0 Å². The Hall–Kier alpha value is -0.130. The third-order valence-electron chi connectivity index (χ3n) is 5.90. The molecule has 0 spiro atoms. The molecule has 0 heterocycles. The molecule has 2 aliphatic carbocycles. The number of rotatable bonds is 6. The summed E-state index contributed by atoms with van der Waals surface area (Å²) in [7, 11) is -3.04. The van der Waals surface area contributed by atoms with Crippen molar-refractivity contribution in [2.75, 3.05) is 19.3 Å². The average molecular weight is 288 g/mol. The molecule has 0 unspecified atom stereocenters. The van der Waals surface area contributed by atoms with E-state index in [0.29, 0.717) is 23.4 Å². The fourth-order valence-corrected chi connectivity index (χ4v) is 4.65. The summed E-state index contributed by atoms with van der Waals surface area (Å²) in [6, 6.07) is 0.597. The molecular weight excluding hydrogens is 260 g/mol. The third-order valence-corrected chi connectivity index (χ3v) is 6.63. The SMILES string of the molecule is CC1(C)[C@H]2CC[C@]1(C)[C@H](NCCCNS(C)(=O)=O)C2. The van der Waals surface area contributed by atoms with Gasteiger partial charge in [0.25, 0.3) is 0 Å². The van der Waals surface area contributed by atoms with Crippen molar-refractivity contribution < 1.29 is 8.42 Å². The first kappa shape index (κ1) is 15.3. The van der Waals surface area contributed by atoms with Crippen LogP contribution in [0.4, 0.5) is 0 Å². The zero-order valence-electron chi connectivity index (χ0n) is 12.6. The van der Waals surface area contributed by atoms with Gasteiger partial charge in [0.15, 0.2) is 0 Å². The highest BCUT2D eigenvalue weighted by molar-refractivity contribution is 7.88. The molecular formula is C14H28N2O2S. The first-order valence-electron chi connectivity index (χ1n) is 7.35. The van der Waals surface area contributed by atoms with Crippen LogP contribution in [-0.4, -0.2) is 33.8 Å². The van der Waals surface area contributed by atoms with Crippen LogP contribution in [0.3, 0.4) is 0 Å². The van der Waals surface area contributed by atoms with Gasteiger partial charge in [0.05, 0.1) is 6.26 Å². The summed E-state index contributed by atoms with van der Waals surface area (Å²) in [4.78, 5) is 0. The maximum Gasteiger partial charge on any atom is 0.208 e. The van der Waals surface area contributed by atoms with Crippen LogP contribution in [0.1, 0.15) is 46.5 Å². The van der Waals surface area contributed by atoms with Crippen LogP contribution in [0, 0.1) is 16.7 Å². The number of fused-ring (bicyclic) bond motifs is 2. The molecule has 3 atom stereocenters. The Morgan fingerprint density at radius 1 is 1.21 bits per heavy atom. The molecule has 0 radical (unpaired) electrons. The van der Waals surface area contributed by atoms with E-state index in [2.05, 4.69) is 30.8 Å². The van der Waals surface area contributed by atoms with Crippen molar-refractivity contribution in [1.82, 2.24) is 10.0 Å². The van der Waals surface area contributed by atoms with Crippen LogP contribution in [0.25, 0.3) is 0 Å². The van der Waals surface area contributed by atoms with Gasteiger partial charge in [0, 0.05) is 12.6 Å². The summed E-state index contributed by atoms with van der Waals surface area (Å²) in [6.45, 7) is 8.68. The van der Waals surface area contributed by atoms with Crippen molar-refractivity contribution in [3.63, 3.8) is 0 Å². The molecule has 0 aromatic rings. The maximum atomic E-state index is 11.0. The second kappa shape index (κ2) is 5.01. The summed E-state index contributed by atoms with van der Waals surface area (Å²) < 4.78 is 24.5. The summed E-state index contributed by atoms with van der Waals surface area (Å²) in [6.07, 6.45) is 6.04. The molecule has 2 saturated carbocycles. The van der Waals surface area contributed by atoms with Crippen molar-refractivity contribution >= 4 is 10.0 Å². The van der Waals surface area contributed by atoms with Crippen LogP contribution < -0.4 is 10.0 Å². The minimum atomic E-state index is -3.04. The first-order valence-corrected chi connectivity index (χ1v) is 9.24. The molecule has 0 saturated heterocycles. The van der Waals surface area contributed by atoms with E-state index < -0.39 is 10.0 Å². The summed E-state index contributed by atoms with van der Waals surface area (Å²) in [5, 5.41) is 3.66. The standard InChI is InChI=1S/C14H28N2O2S/c1-13(2)11-6-7-14(13,3)12(10-11)15-8-5-9-16-19(4,17)18/h11-12,15-16H,5-10H2,1-4H3/t11-,12+,14+/m0/s1. The van der Waals surface area contributed by atoms with Crippen molar-refractivity contribution in [3.8, 4) is 0 Å². The van der Waals surface area contributed by atoms with Gasteiger partial charge in [0.2, 0.25) is 10.0 Å². The molecule has 5 heteroatoms. The molecule has 0 aliphatic heterocycles. The minimum Gasteiger partial charge on any atom is -0.313 e. The quantitative estimate of drug-likeness (QED) is 0.732. The van der Waals surface area contributed by atoms with Crippen LogP contribution >= 0.6 is 0 Å². The lowest BCUT2D eigenvalue weighted by Crippen LogP contribution is -2.45. The first-order chi connectivity index (χ1) is 8.67. The van der Waals surface area contributed by atoms with Gasteiger partial charge < -0.3 is 5.32 Å². The van der Waals surface area contributed by atoms with Gasteiger partial charge in [-0.3, -0.25) is 0 Å². The highest BCUT2D eigenvalue weighted by Crippen LogP contribution is 2.65. The Kier molecular flexibility index (Phi) is 4.02. The number of sulfonamides is 1. The van der Waals surface area contributed by atoms with Gasteiger partial charge in [-0.1, -0.05) is 20.8 Å². The second-order valence-corrected chi connectivity index (χ2v) is 8.97. The van der Waals surface area contributed by atoms with Gasteiger partial charge >= 0.3 is 0 Å². The smallest absolute Gasteiger partial charge is 0.208 e. The van der Waals surface area contributed by atoms with Gasteiger partial charge in [-0.2, -0.15) is 0 Å². The molecule has 2 rings (SSSR count). The van der Waals surface area contributed by atoms with E-state index in [0.717, 1.165) is 18.9 Å². The molecule has 19 heavy (non-hydrogen) atoms. The largest absolute Gasteiger partial charge is 0.313 e. The fourth-order valence-electron chi connectivity index (χ4n) is 4.13. The highest BCUT2D eigenvalue weighted by Gasteiger charge is 2.60. The van der Waals surface area contributed by atoms with Gasteiger partial charge in [0.1, 0.15) is 0 Å². The highest BCUT2D eigenvalue weighted by atomic mass is 32.2. The topological polar surface area (TPSA) is 58.2 Å². The van der Waals surface area contributed by atoms with Gasteiger partial charge in [-0.05, 0) is 49.0 Å². The summed E-state index contributed by atoms with van der Waals surface area (Å²) in [5.41, 5.74) is 0.845. The average Bonchev–Trinajstić information content (AvgIpc) is 2.59. The van der Waals surface area contributed by atoms with E-state index in [4.69, 9.17) is 0 Å². The molecule has 112 valence electrons. The van der Waals surface area contributed by atoms with E-state index in [1.54, 1.807) is 0 Å². The number of nitrogens with one attached hydrogen (secondary N) is 2. The zero-order chi connectivity index (χ0) is 14.3. The van der Waals surface area contributed by atoms with E-state index in [1.165, 1.54) is 25.5 Å². The fraction of sp³-hybridized carbons (Fsp3) is 1.00. The van der Waals surface area contributed by atoms with Crippen molar-refractivity contribution in [2.24, 2.45) is 16.7 Å². The van der Waals surface area contributed by atoms with Crippen molar-refractivity contribution in [1.29, 1.82) is 0 Å². The number of hydrogen-bond donors (Lipinski definition) is 2. The molecule has 0 aromatic carbocycles. The summed E-state index contributed by atoms with van der Waals surface area (Å²) >= 11 is 0. The Balaban J connectivity index is 1.77. The van der Waals surface area contributed by atoms with E-state index in [-0.39, 0.29) is 0 Å². The second-order valence-electron chi connectivity index (χ2n) is 7.14. The monoisotopic (exact) mass is 288 g/mol. The van der Waals surface area contributed by atoms with Crippen LogP contribution in [0.2, 0.25) is 0 Å². The van der Waals surface area contributed by atoms with Crippen LogP contribution in [0.15, 0.2) is 0 Å². The maximum absolute atomic E-state index is 11.0. The molecule has 0 aromatic heterocycles. The van der Waals surface area contributed by atoms with Crippen LogP contribution in [-0.2, 0) is 10.0 Å². The molecule has 2 N–H and O–H groups in total. The minimum absolute atomic E-state index is 0.405. The molecule has 0 amide bonds. The Morgan fingerprint density at radius 3 is 2.37 bits per heavy atom. The summed E-state index contributed by atoms with van der Waals surface area (Å²) in [5.74, 6) is 0.851. The van der Waals surface area contributed by atoms with E-state index >= 15 is 0 Å².